The Bertz CT molecular complexity index is 776. The lowest BCUT2D eigenvalue weighted by Crippen LogP contribution is -2.44. The van der Waals surface area contributed by atoms with Gasteiger partial charge in [-0.1, -0.05) is 12.1 Å². The maximum absolute atomic E-state index is 12.5. The molecule has 24 heavy (non-hydrogen) atoms. The molecule has 1 unspecified atom stereocenters. The molecule has 0 saturated heterocycles. The summed E-state index contributed by atoms with van der Waals surface area (Å²) in [6.45, 7) is 0. The average molecular weight is 328 g/mol. The monoisotopic (exact) mass is 328 g/mol. The summed E-state index contributed by atoms with van der Waals surface area (Å²) in [4.78, 5) is 14.5. The number of fused-ring (bicyclic) bond motifs is 1. The van der Waals surface area contributed by atoms with Gasteiger partial charge in [-0.3, -0.25) is 4.79 Å². The molecule has 1 aliphatic rings. The summed E-state index contributed by atoms with van der Waals surface area (Å²) in [6, 6.07) is 11.2. The van der Waals surface area contributed by atoms with E-state index in [9.17, 15) is 4.79 Å². The topological polar surface area (TPSA) is 60.0 Å². The van der Waals surface area contributed by atoms with E-state index in [-0.39, 0.29) is 12.1 Å². The third-order valence-electron chi connectivity index (χ3n) is 4.21. The molecule has 1 N–H and O–H groups in total. The average Bonchev–Trinajstić information content (AvgIpc) is 2.63. The van der Waals surface area contributed by atoms with Crippen LogP contribution in [0.3, 0.4) is 0 Å². The molecule has 6 nitrogen and oxygen atoms in total. The van der Waals surface area contributed by atoms with Gasteiger partial charge >= 0.3 is 0 Å². The van der Waals surface area contributed by atoms with E-state index in [1.54, 1.807) is 27.4 Å². The number of para-hydroxylation sites is 1. The number of ether oxygens (including phenoxy) is 3. The van der Waals surface area contributed by atoms with E-state index in [1.807, 2.05) is 42.3 Å². The molecular formula is C18H20N2O4. The van der Waals surface area contributed by atoms with Gasteiger partial charge in [0, 0.05) is 12.6 Å². The molecule has 2 aromatic carbocycles. The first-order valence-electron chi connectivity index (χ1n) is 7.54. The second kappa shape index (κ2) is 6.31. The number of hydrogen-bond donors (Lipinski definition) is 1. The Balaban J connectivity index is 2.12. The van der Waals surface area contributed by atoms with E-state index in [2.05, 4.69) is 5.32 Å². The molecule has 126 valence electrons. The van der Waals surface area contributed by atoms with E-state index < -0.39 is 0 Å². The molecular weight excluding hydrogens is 308 g/mol. The standard InChI is InChI=1S/C18H20N2O4/c1-20-13-8-6-5-7-11(13)18(21)19-17(20)12-9-10-14(22-2)16(24-4)15(12)23-3/h5-10,17H,1-4H3,(H,19,21). The molecule has 0 bridgehead atoms. The Morgan fingerprint density at radius 2 is 1.67 bits per heavy atom. The molecule has 0 aliphatic carbocycles. The van der Waals surface area contributed by atoms with Crippen molar-refractivity contribution in [1.29, 1.82) is 0 Å². The van der Waals surface area contributed by atoms with Crippen molar-refractivity contribution in [3.05, 3.63) is 47.5 Å². The van der Waals surface area contributed by atoms with E-state index in [0.29, 0.717) is 22.8 Å². The predicted octanol–water partition coefficient (Wildman–Crippen LogP) is 2.59. The van der Waals surface area contributed by atoms with Gasteiger partial charge in [-0.2, -0.15) is 0 Å². The Morgan fingerprint density at radius 3 is 2.33 bits per heavy atom. The quantitative estimate of drug-likeness (QED) is 0.935. The lowest BCUT2D eigenvalue weighted by molar-refractivity contribution is 0.0927. The number of amides is 1. The normalized spacial score (nSPS) is 16.2. The van der Waals surface area contributed by atoms with Crippen molar-refractivity contribution in [2.75, 3.05) is 33.3 Å². The summed E-state index contributed by atoms with van der Waals surface area (Å²) in [6.07, 6.45) is -0.373. The molecule has 1 amide bonds. The summed E-state index contributed by atoms with van der Waals surface area (Å²) in [5, 5.41) is 3.01. The maximum atomic E-state index is 12.5. The Labute approximate surface area is 140 Å². The van der Waals surface area contributed by atoms with Crippen LogP contribution in [0.2, 0.25) is 0 Å². The van der Waals surface area contributed by atoms with Gasteiger partial charge in [0.25, 0.3) is 5.91 Å². The third kappa shape index (κ3) is 2.40. The fourth-order valence-electron chi connectivity index (χ4n) is 3.04. The van der Waals surface area contributed by atoms with E-state index in [1.165, 1.54) is 0 Å². The minimum atomic E-state index is -0.373. The molecule has 1 heterocycles. The SMILES string of the molecule is COc1ccc(C2NC(=O)c3ccccc3N2C)c(OC)c1OC. The third-order valence-corrected chi connectivity index (χ3v) is 4.21. The second-order valence-electron chi connectivity index (χ2n) is 5.43. The van der Waals surface area contributed by atoms with Gasteiger partial charge in [0.05, 0.1) is 32.6 Å². The molecule has 0 radical (unpaired) electrons. The Kier molecular flexibility index (Phi) is 4.20. The highest BCUT2D eigenvalue weighted by Crippen LogP contribution is 2.44. The Hall–Kier alpha value is -2.89. The first kappa shape index (κ1) is 16.0. The smallest absolute Gasteiger partial charge is 0.255 e. The molecule has 6 heteroatoms. The molecule has 2 aromatic rings. The maximum Gasteiger partial charge on any atom is 0.255 e. The minimum absolute atomic E-state index is 0.120. The van der Waals surface area contributed by atoms with Crippen LogP contribution in [-0.4, -0.2) is 34.3 Å². The van der Waals surface area contributed by atoms with Gasteiger partial charge in [-0.25, -0.2) is 0 Å². The van der Waals surface area contributed by atoms with E-state index >= 15 is 0 Å². The first-order valence-corrected chi connectivity index (χ1v) is 7.54. The van der Waals surface area contributed by atoms with Crippen molar-refractivity contribution in [2.45, 2.75) is 6.17 Å². The summed E-state index contributed by atoms with van der Waals surface area (Å²) < 4.78 is 16.3. The van der Waals surface area contributed by atoms with Gasteiger partial charge in [-0.05, 0) is 24.3 Å². The number of benzene rings is 2. The van der Waals surface area contributed by atoms with Crippen LogP contribution in [0.5, 0.6) is 17.2 Å². The van der Waals surface area contributed by atoms with Crippen molar-refractivity contribution in [3.63, 3.8) is 0 Å². The Morgan fingerprint density at radius 1 is 0.958 bits per heavy atom. The predicted molar refractivity (Wildman–Crippen MR) is 91.2 cm³/mol. The largest absolute Gasteiger partial charge is 0.493 e. The molecule has 1 aliphatic heterocycles. The number of anilines is 1. The number of hydrogen-bond acceptors (Lipinski definition) is 5. The van der Waals surface area contributed by atoms with Crippen LogP contribution in [0.1, 0.15) is 22.1 Å². The van der Waals surface area contributed by atoms with Crippen molar-refractivity contribution in [3.8, 4) is 17.2 Å². The van der Waals surface area contributed by atoms with Crippen LogP contribution in [0, 0.1) is 0 Å². The summed E-state index contributed by atoms with van der Waals surface area (Å²) >= 11 is 0. The lowest BCUT2D eigenvalue weighted by Gasteiger charge is -2.37. The van der Waals surface area contributed by atoms with Crippen LogP contribution >= 0.6 is 0 Å². The lowest BCUT2D eigenvalue weighted by atomic mass is 10.0. The highest BCUT2D eigenvalue weighted by molar-refractivity contribution is 6.02. The highest BCUT2D eigenvalue weighted by Gasteiger charge is 2.32. The highest BCUT2D eigenvalue weighted by atomic mass is 16.5. The summed E-state index contributed by atoms with van der Waals surface area (Å²) in [5.41, 5.74) is 2.30. The van der Waals surface area contributed by atoms with Crippen LogP contribution < -0.4 is 24.4 Å². The van der Waals surface area contributed by atoms with E-state index in [4.69, 9.17) is 14.2 Å². The van der Waals surface area contributed by atoms with Gasteiger partial charge in [0.15, 0.2) is 11.5 Å². The number of methoxy groups -OCH3 is 3. The second-order valence-corrected chi connectivity index (χ2v) is 5.43. The number of rotatable bonds is 4. The fraction of sp³-hybridized carbons (Fsp3) is 0.278. The molecule has 0 saturated carbocycles. The first-order chi connectivity index (χ1) is 11.6. The number of nitrogens with zero attached hydrogens (tertiary/aromatic N) is 1. The summed E-state index contributed by atoms with van der Waals surface area (Å²) in [7, 11) is 6.63. The number of carbonyl (C=O) groups is 1. The van der Waals surface area contributed by atoms with Crippen molar-refractivity contribution < 1.29 is 19.0 Å². The van der Waals surface area contributed by atoms with Crippen LogP contribution in [0.4, 0.5) is 5.69 Å². The van der Waals surface area contributed by atoms with Gasteiger partial charge in [0.1, 0.15) is 6.17 Å². The van der Waals surface area contributed by atoms with Crippen molar-refractivity contribution >= 4 is 11.6 Å². The van der Waals surface area contributed by atoms with Crippen molar-refractivity contribution in [2.24, 2.45) is 0 Å². The molecule has 3 rings (SSSR count). The molecule has 0 fully saturated rings. The molecule has 1 atom stereocenters. The molecule has 0 spiro atoms. The van der Waals surface area contributed by atoms with E-state index in [0.717, 1.165) is 11.3 Å². The fourth-order valence-corrected chi connectivity index (χ4v) is 3.04. The van der Waals surface area contributed by atoms with Crippen LogP contribution in [0.15, 0.2) is 36.4 Å². The number of carbonyl (C=O) groups excluding carboxylic acids is 1. The van der Waals surface area contributed by atoms with Crippen LogP contribution in [-0.2, 0) is 0 Å². The van der Waals surface area contributed by atoms with Crippen molar-refractivity contribution in [1.82, 2.24) is 5.32 Å². The van der Waals surface area contributed by atoms with Gasteiger partial charge in [-0.15, -0.1) is 0 Å². The minimum Gasteiger partial charge on any atom is -0.493 e. The summed E-state index contributed by atoms with van der Waals surface area (Å²) in [5.74, 6) is 1.49. The zero-order valence-corrected chi connectivity index (χ0v) is 14.1. The van der Waals surface area contributed by atoms with Gasteiger partial charge in [0.2, 0.25) is 5.75 Å². The zero-order chi connectivity index (χ0) is 17.3. The van der Waals surface area contributed by atoms with Crippen LogP contribution in [0.25, 0.3) is 0 Å². The van der Waals surface area contributed by atoms with Gasteiger partial charge < -0.3 is 24.4 Å². The number of nitrogens with one attached hydrogen (secondary N) is 1. The zero-order valence-electron chi connectivity index (χ0n) is 14.1. The molecule has 0 aromatic heterocycles.